The molecule has 0 radical (unpaired) electrons. The number of amides is 1. The summed E-state index contributed by atoms with van der Waals surface area (Å²) in [5.74, 6) is 1.66. The Hall–Kier alpha value is -1.85. The van der Waals surface area contributed by atoms with Crippen LogP contribution in [0.5, 0.6) is 0 Å². The van der Waals surface area contributed by atoms with E-state index in [9.17, 15) is 4.79 Å². The molecule has 0 bridgehead atoms. The molecule has 3 rings (SSSR count). The zero-order valence-corrected chi connectivity index (χ0v) is 14.8. The van der Waals surface area contributed by atoms with E-state index in [0.717, 1.165) is 37.7 Å². The average Bonchev–Trinajstić information content (AvgIpc) is 2.58. The predicted molar refractivity (Wildman–Crippen MR) is 97.1 cm³/mol. The Morgan fingerprint density at radius 1 is 1.21 bits per heavy atom. The van der Waals surface area contributed by atoms with E-state index in [1.807, 2.05) is 0 Å². The maximum atomic E-state index is 12.4. The van der Waals surface area contributed by atoms with Crippen LogP contribution in [0.4, 0.5) is 11.6 Å². The Labute approximate surface area is 151 Å². The normalized spacial score (nSPS) is 15.4. The third-order valence-electron chi connectivity index (χ3n) is 4.17. The lowest BCUT2D eigenvalue weighted by Crippen LogP contribution is -2.33. The summed E-state index contributed by atoms with van der Waals surface area (Å²) in [5.41, 5.74) is 0.316. The molecule has 0 aliphatic carbocycles. The van der Waals surface area contributed by atoms with Crippen molar-refractivity contribution < 1.29 is 4.79 Å². The zero-order valence-electron chi connectivity index (χ0n) is 13.3. The van der Waals surface area contributed by atoms with Gasteiger partial charge in [-0.25, -0.2) is 9.97 Å². The minimum Gasteiger partial charge on any atom is -0.356 e. The first-order valence-electron chi connectivity index (χ1n) is 7.86. The summed E-state index contributed by atoms with van der Waals surface area (Å²) in [6.45, 7) is 4.19. The summed E-state index contributed by atoms with van der Waals surface area (Å²) in [6, 6.07) is 6.56. The van der Waals surface area contributed by atoms with E-state index in [4.69, 9.17) is 23.2 Å². The Balaban J connectivity index is 1.75. The van der Waals surface area contributed by atoms with E-state index < -0.39 is 0 Å². The summed E-state index contributed by atoms with van der Waals surface area (Å²) in [6.07, 6.45) is 3.75. The Bertz CT molecular complexity index is 745. The lowest BCUT2D eigenvalue weighted by molar-refractivity contribution is 0.102. The van der Waals surface area contributed by atoms with E-state index >= 15 is 0 Å². The highest BCUT2D eigenvalue weighted by Crippen LogP contribution is 2.24. The van der Waals surface area contributed by atoms with Crippen molar-refractivity contribution >= 4 is 40.7 Å². The molecule has 24 heavy (non-hydrogen) atoms. The topological polar surface area (TPSA) is 58.1 Å². The van der Waals surface area contributed by atoms with Crippen molar-refractivity contribution in [3.63, 3.8) is 0 Å². The molecule has 1 amide bonds. The molecule has 1 aromatic carbocycles. The van der Waals surface area contributed by atoms with Crippen LogP contribution in [0.2, 0.25) is 10.0 Å². The van der Waals surface area contributed by atoms with Crippen molar-refractivity contribution in [2.75, 3.05) is 23.3 Å². The molecule has 0 unspecified atom stereocenters. The van der Waals surface area contributed by atoms with Crippen LogP contribution in [0.1, 0.15) is 30.1 Å². The summed E-state index contributed by atoms with van der Waals surface area (Å²) in [7, 11) is 0. The van der Waals surface area contributed by atoms with E-state index in [1.54, 1.807) is 18.2 Å². The number of carbonyl (C=O) groups excluding carboxylic acids is 1. The number of aromatic nitrogens is 2. The van der Waals surface area contributed by atoms with Gasteiger partial charge < -0.3 is 10.2 Å². The smallest absolute Gasteiger partial charge is 0.258 e. The molecule has 1 saturated heterocycles. The molecule has 1 aliphatic heterocycles. The standard InChI is InChI=1S/C17H18Cl2N4O/c1-11-4-6-23(7-5-11)16-9-15(20-10-21-16)22-17(24)13-8-12(18)2-3-14(13)19/h2-3,8-11H,4-7H2,1H3,(H,20,21,22,24). The Morgan fingerprint density at radius 3 is 2.71 bits per heavy atom. The summed E-state index contributed by atoms with van der Waals surface area (Å²) in [5, 5.41) is 3.55. The Morgan fingerprint density at radius 2 is 1.96 bits per heavy atom. The fraction of sp³-hybridized carbons (Fsp3) is 0.353. The van der Waals surface area contributed by atoms with E-state index in [0.29, 0.717) is 21.4 Å². The SMILES string of the molecule is CC1CCN(c2cc(NC(=O)c3cc(Cl)ccc3Cl)ncn2)CC1. The number of anilines is 2. The lowest BCUT2D eigenvalue weighted by atomic mass is 9.99. The monoisotopic (exact) mass is 364 g/mol. The molecular weight excluding hydrogens is 347 g/mol. The first-order valence-corrected chi connectivity index (χ1v) is 8.62. The number of hydrogen-bond acceptors (Lipinski definition) is 4. The van der Waals surface area contributed by atoms with Crippen LogP contribution in [0, 0.1) is 5.92 Å². The van der Waals surface area contributed by atoms with Gasteiger partial charge in [-0.05, 0) is 37.0 Å². The maximum absolute atomic E-state index is 12.4. The van der Waals surface area contributed by atoms with Gasteiger partial charge in [0, 0.05) is 24.2 Å². The maximum Gasteiger partial charge on any atom is 0.258 e. The molecular formula is C17H18Cl2N4O. The number of carbonyl (C=O) groups is 1. The average molecular weight is 365 g/mol. The van der Waals surface area contributed by atoms with Gasteiger partial charge in [0.15, 0.2) is 0 Å². The molecule has 0 spiro atoms. The summed E-state index contributed by atoms with van der Waals surface area (Å²) >= 11 is 12.0. The molecule has 5 nitrogen and oxygen atoms in total. The van der Waals surface area contributed by atoms with Gasteiger partial charge in [0.1, 0.15) is 18.0 Å². The second-order valence-electron chi connectivity index (χ2n) is 6.01. The predicted octanol–water partition coefficient (Wildman–Crippen LogP) is 4.27. The minimum absolute atomic E-state index is 0.316. The zero-order chi connectivity index (χ0) is 17.1. The number of hydrogen-bond donors (Lipinski definition) is 1. The van der Waals surface area contributed by atoms with Crippen LogP contribution in [-0.4, -0.2) is 29.0 Å². The number of piperidine rings is 1. The molecule has 1 aliphatic rings. The van der Waals surface area contributed by atoms with Gasteiger partial charge in [0.2, 0.25) is 0 Å². The number of rotatable bonds is 3. The van der Waals surface area contributed by atoms with Gasteiger partial charge >= 0.3 is 0 Å². The van der Waals surface area contributed by atoms with Crippen LogP contribution in [-0.2, 0) is 0 Å². The highest BCUT2D eigenvalue weighted by Gasteiger charge is 2.18. The molecule has 1 N–H and O–H groups in total. The molecule has 1 fully saturated rings. The minimum atomic E-state index is -0.348. The van der Waals surface area contributed by atoms with Gasteiger partial charge in [0.05, 0.1) is 10.6 Å². The van der Waals surface area contributed by atoms with Crippen molar-refractivity contribution in [2.24, 2.45) is 5.92 Å². The molecule has 2 heterocycles. The first-order chi connectivity index (χ1) is 11.5. The summed E-state index contributed by atoms with van der Waals surface area (Å²) < 4.78 is 0. The quantitative estimate of drug-likeness (QED) is 0.883. The second-order valence-corrected chi connectivity index (χ2v) is 6.85. The van der Waals surface area contributed by atoms with E-state index in [1.165, 1.54) is 12.4 Å². The van der Waals surface area contributed by atoms with Crippen LogP contribution in [0.25, 0.3) is 0 Å². The number of halogens is 2. The number of benzene rings is 1. The van der Waals surface area contributed by atoms with E-state index in [-0.39, 0.29) is 5.91 Å². The van der Waals surface area contributed by atoms with Gasteiger partial charge in [-0.15, -0.1) is 0 Å². The van der Waals surface area contributed by atoms with Crippen molar-refractivity contribution in [3.05, 3.63) is 46.2 Å². The van der Waals surface area contributed by atoms with Gasteiger partial charge in [-0.1, -0.05) is 30.1 Å². The number of nitrogens with one attached hydrogen (secondary N) is 1. The van der Waals surface area contributed by atoms with Gasteiger partial charge in [-0.2, -0.15) is 0 Å². The molecule has 0 saturated carbocycles. The van der Waals surface area contributed by atoms with Gasteiger partial charge in [0.25, 0.3) is 5.91 Å². The van der Waals surface area contributed by atoms with Crippen LogP contribution < -0.4 is 10.2 Å². The Kier molecular flexibility index (Phi) is 5.21. The third kappa shape index (κ3) is 3.97. The molecule has 7 heteroatoms. The molecule has 126 valence electrons. The third-order valence-corrected chi connectivity index (χ3v) is 4.74. The van der Waals surface area contributed by atoms with Crippen LogP contribution in [0.15, 0.2) is 30.6 Å². The molecule has 0 atom stereocenters. The number of nitrogens with zero attached hydrogens (tertiary/aromatic N) is 3. The molecule has 1 aromatic heterocycles. The van der Waals surface area contributed by atoms with Crippen molar-refractivity contribution in [3.8, 4) is 0 Å². The molecule has 2 aromatic rings. The second kappa shape index (κ2) is 7.36. The van der Waals surface area contributed by atoms with Crippen LogP contribution >= 0.6 is 23.2 Å². The summed E-state index contributed by atoms with van der Waals surface area (Å²) in [4.78, 5) is 23.0. The fourth-order valence-electron chi connectivity index (χ4n) is 2.68. The van der Waals surface area contributed by atoms with Crippen molar-refractivity contribution in [1.82, 2.24) is 9.97 Å². The van der Waals surface area contributed by atoms with E-state index in [2.05, 4.69) is 27.1 Å². The highest BCUT2D eigenvalue weighted by molar-refractivity contribution is 6.36. The first kappa shape index (κ1) is 17.0. The van der Waals surface area contributed by atoms with Crippen molar-refractivity contribution in [1.29, 1.82) is 0 Å². The largest absolute Gasteiger partial charge is 0.356 e. The fourth-order valence-corrected chi connectivity index (χ4v) is 3.06. The van der Waals surface area contributed by atoms with Gasteiger partial charge in [-0.3, -0.25) is 4.79 Å². The van der Waals surface area contributed by atoms with Crippen LogP contribution in [0.3, 0.4) is 0 Å². The van der Waals surface area contributed by atoms with Crippen molar-refractivity contribution in [2.45, 2.75) is 19.8 Å². The highest BCUT2D eigenvalue weighted by atomic mass is 35.5. The lowest BCUT2D eigenvalue weighted by Gasteiger charge is -2.31.